The average molecular weight is 564 g/mol. The Kier molecular flexibility index (Phi) is 16.6. The number of aliphatic hydroxyl groups excluding tert-OH is 2. The number of phosphoric acid groups is 2. The molecule has 0 saturated carbocycles. The summed E-state index contributed by atoms with van der Waals surface area (Å²) in [5.74, 6) is 0.433. The van der Waals surface area contributed by atoms with E-state index in [1.807, 2.05) is 0 Å². The van der Waals surface area contributed by atoms with Gasteiger partial charge in [0.2, 0.25) is 0 Å². The molecule has 2 aromatic heterocycles. The summed E-state index contributed by atoms with van der Waals surface area (Å²) < 4.78 is 36.3. The molecule has 1 aliphatic rings. The van der Waals surface area contributed by atoms with Gasteiger partial charge in [-0.2, -0.15) is 0 Å². The number of anilines is 1. The van der Waals surface area contributed by atoms with Crippen LogP contribution in [0.1, 0.15) is 19.1 Å². The first-order valence-electron chi connectivity index (χ1n) is 9.34. The molecule has 3 rings (SSSR count). The molecule has 16 nitrogen and oxygen atoms in total. The summed E-state index contributed by atoms with van der Waals surface area (Å²) in [5, 5.41) is 23.7. The molecule has 180 valence electrons. The minimum Gasteiger partial charge on any atom is -0.790 e. The Morgan fingerprint density at radius 3 is 2.43 bits per heavy atom. The maximum absolute atomic E-state index is 11.4. The number of imidazole rings is 1. The third-order valence-corrected chi connectivity index (χ3v) is 6.56. The van der Waals surface area contributed by atoms with Crippen molar-refractivity contribution in [1.82, 2.24) is 19.5 Å². The van der Waals surface area contributed by atoms with E-state index in [9.17, 15) is 34.0 Å². The number of fused-ring (bicyclic) bond motifs is 1. The van der Waals surface area contributed by atoms with E-state index in [4.69, 9.17) is 10.5 Å². The number of ether oxygens (including phenoxy) is 1. The first-order chi connectivity index (χ1) is 15.0. The topological polar surface area (TPSA) is 253 Å². The van der Waals surface area contributed by atoms with E-state index in [0.717, 1.165) is 12.8 Å². The van der Waals surface area contributed by atoms with E-state index >= 15 is 0 Å². The minimum absolute atomic E-state index is 0. The molecule has 0 amide bonds. The second-order valence-corrected chi connectivity index (χ2v) is 9.49. The summed E-state index contributed by atoms with van der Waals surface area (Å²) in [6.07, 6.45) is -1.63. The number of aromatic nitrogens is 4. The Bertz CT molecular complexity index is 1030. The van der Waals surface area contributed by atoms with Gasteiger partial charge in [0.25, 0.3) is 7.82 Å². The Balaban J connectivity index is 0.00000385. The molecule has 1 saturated heterocycles. The average Bonchev–Trinajstić information content (AvgIpc) is 3.24. The summed E-state index contributed by atoms with van der Waals surface area (Å²) in [6.45, 7) is 0.222. The number of nitrogens with two attached hydrogens (primary N) is 1. The first-order valence-corrected chi connectivity index (χ1v) is 12.3. The van der Waals surface area contributed by atoms with Gasteiger partial charge < -0.3 is 49.8 Å². The van der Waals surface area contributed by atoms with Crippen molar-refractivity contribution in [1.29, 1.82) is 0 Å². The Labute approximate surface area is 266 Å². The molecule has 3 heterocycles. The summed E-state index contributed by atoms with van der Waals surface area (Å²) in [7, 11) is -11.4. The molecule has 0 bridgehead atoms. The van der Waals surface area contributed by atoms with Crippen molar-refractivity contribution in [3.05, 3.63) is 12.7 Å². The number of aliphatic hydroxyl groups is 2. The first kappa shape index (κ1) is 36.5. The van der Waals surface area contributed by atoms with Crippen LogP contribution in [0.3, 0.4) is 0 Å². The molecule has 1 aliphatic heterocycles. The minimum atomic E-state index is -5.86. The monoisotopic (exact) mass is 564 g/mol. The van der Waals surface area contributed by atoms with Crippen LogP contribution in [0.15, 0.2) is 12.7 Å². The maximum Gasteiger partial charge on any atom is 1.00 e. The predicted molar refractivity (Wildman–Crippen MR) is 100 cm³/mol. The number of unbranched alkanes of at least 4 members (excludes halogenated alkanes) is 1. The van der Waals surface area contributed by atoms with Gasteiger partial charge in [0, 0.05) is 6.54 Å². The normalized spacial score (nSPS) is 23.6. The molecule has 35 heavy (non-hydrogen) atoms. The second kappa shape index (κ2) is 15.9. The van der Waals surface area contributed by atoms with E-state index in [-0.39, 0.29) is 94.3 Å². The molecule has 0 aliphatic carbocycles. The molecule has 21 heteroatoms. The van der Waals surface area contributed by atoms with Crippen molar-refractivity contribution in [3.63, 3.8) is 0 Å². The number of nitrogens with one attached hydrogen (secondary N) is 1. The van der Waals surface area contributed by atoms with Gasteiger partial charge >= 0.3 is 88.7 Å². The Morgan fingerprint density at radius 1 is 1.11 bits per heavy atom. The van der Waals surface area contributed by atoms with Crippen LogP contribution in [0.2, 0.25) is 0 Å². The van der Waals surface area contributed by atoms with Gasteiger partial charge in [-0.1, -0.05) is 0 Å². The van der Waals surface area contributed by atoms with Crippen LogP contribution in [0.25, 0.3) is 11.2 Å². The molecule has 5 atom stereocenters. The van der Waals surface area contributed by atoms with E-state index < -0.39 is 46.8 Å². The van der Waals surface area contributed by atoms with Gasteiger partial charge in [0.15, 0.2) is 23.2 Å². The van der Waals surface area contributed by atoms with Crippen LogP contribution >= 0.6 is 15.6 Å². The molecular formula is C14H21N6Na3O10P2. The van der Waals surface area contributed by atoms with Crippen LogP contribution in [0.4, 0.5) is 5.82 Å². The maximum atomic E-state index is 11.4. The molecule has 2 aromatic rings. The fraction of sp³-hybridized carbons (Fsp3) is 0.643. The van der Waals surface area contributed by atoms with Crippen molar-refractivity contribution in [3.8, 4) is 0 Å². The molecule has 0 aromatic carbocycles. The number of hydrogen-bond acceptors (Lipinski definition) is 15. The van der Waals surface area contributed by atoms with Gasteiger partial charge in [-0.05, 0) is 19.4 Å². The number of hydrogen-bond donors (Lipinski definition) is 4. The predicted octanol–water partition coefficient (Wildman–Crippen LogP) is -12.1. The van der Waals surface area contributed by atoms with Crippen molar-refractivity contribution in [2.45, 2.75) is 37.4 Å². The van der Waals surface area contributed by atoms with Gasteiger partial charge in [-0.3, -0.25) is 13.4 Å². The third-order valence-electron chi connectivity index (χ3n) is 4.49. The molecule has 1 fully saturated rings. The van der Waals surface area contributed by atoms with Crippen molar-refractivity contribution in [2.75, 3.05) is 25.0 Å². The molecular weight excluding hydrogens is 543 g/mol. The zero-order valence-corrected chi connectivity index (χ0v) is 27.2. The number of phosphoric ester groups is 1. The van der Waals surface area contributed by atoms with Crippen molar-refractivity contribution >= 4 is 32.6 Å². The summed E-state index contributed by atoms with van der Waals surface area (Å²) in [6, 6.07) is 0. The van der Waals surface area contributed by atoms with Crippen molar-refractivity contribution < 1.29 is 136 Å². The van der Waals surface area contributed by atoms with Crippen molar-refractivity contribution in [2.24, 2.45) is 5.73 Å². The molecule has 1 unspecified atom stereocenters. The van der Waals surface area contributed by atoms with E-state index in [2.05, 4.69) is 29.1 Å². The van der Waals surface area contributed by atoms with Crippen LogP contribution in [-0.2, 0) is 22.7 Å². The molecule has 0 spiro atoms. The third kappa shape index (κ3) is 10.2. The fourth-order valence-corrected chi connectivity index (χ4v) is 4.55. The van der Waals surface area contributed by atoms with Crippen LogP contribution in [0, 0.1) is 0 Å². The van der Waals surface area contributed by atoms with Gasteiger partial charge in [0.05, 0.1) is 20.8 Å². The standard InChI is InChI=1S/C14H24N6O10P2.3Na/c15-3-1-2-4-16-12-9-13(18-6-17-12)20(7-19-9)14-11(22)10(21)8(29-14)5-28-32(26,27)30-31(23,24)25;;;/h6-8,10-11,14,21-22H,1-5,15H2,(H,26,27)(H,16,17,18)(H2,23,24,25);;;/q;3*+1/p-3/t8-,10-,11-,14-;;;/m1.../s1. The molecule has 0 radical (unpaired) electrons. The van der Waals surface area contributed by atoms with Crippen LogP contribution in [0.5, 0.6) is 0 Å². The molecule has 5 N–H and O–H groups in total. The van der Waals surface area contributed by atoms with E-state index in [1.165, 1.54) is 17.2 Å². The fourth-order valence-electron chi connectivity index (χ4n) is 3.05. The van der Waals surface area contributed by atoms with Crippen LogP contribution in [-0.4, -0.2) is 67.7 Å². The Morgan fingerprint density at radius 2 is 1.80 bits per heavy atom. The zero-order chi connectivity index (χ0) is 23.5. The van der Waals surface area contributed by atoms with E-state index in [0.29, 0.717) is 24.4 Å². The Hall–Kier alpha value is 1.45. The smallest absolute Gasteiger partial charge is 0.790 e. The quantitative estimate of drug-likeness (QED) is 0.112. The van der Waals surface area contributed by atoms with Gasteiger partial charge in [0.1, 0.15) is 24.6 Å². The largest absolute Gasteiger partial charge is 1.00 e. The second-order valence-electron chi connectivity index (χ2n) is 6.79. The van der Waals surface area contributed by atoms with E-state index in [1.54, 1.807) is 0 Å². The van der Waals surface area contributed by atoms with Gasteiger partial charge in [-0.15, -0.1) is 0 Å². The summed E-state index contributed by atoms with van der Waals surface area (Å²) >= 11 is 0. The van der Waals surface area contributed by atoms with Crippen LogP contribution < -0.4 is 114 Å². The summed E-state index contributed by atoms with van der Waals surface area (Å²) in [4.78, 5) is 44.8. The number of nitrogens with zero attached hydrogens (tertiary/aromatic N) is 4. The number of rotatable bonds is 11. The zero-order valence-electron chi connectivity index (χ0n) is 19.4. The summed E-state index contributed by atoms with van der Waals surface area (Å²) in [5.41, 5.74) is 6.09. The van der Waals surface area contributed by atoms with Gasteiger partial charge in [-0.25, -0.2) is 15.0 Å². The SMILES string of the molecule is NCCCCNc1ncnc2c1ncn2[C@@H]1O[C@H](COP(=O)([O-])OP(=O)([O-])[O-])[C@@H](O)[C@H]1O.[Na+].[Na+].[Na+].